The number of esters is 1. The summed E-state index contributed by atoms with van der Waals surface area (Å²) in [4.78, 5) is 11.9. The Morgan fingerprint density at radius 2 is 1.57 bits per heavy atom. The molecule has 3 unspecified atom stereocenters. The van der Waals surface area contributed by atoms with E-state index in [1.165, 1.54) is 39.2 Å². The van der Waals surface area contributed by atoms with Gasteiger partial charge >= 0.3 is 5.97 Å². The van der Waals surface area contributed by atoms with Crippen LogP contribution in [-0.2, 0) is 28.5 Å². The summed E-state index contributed by atoms with van der Waals surface area (Å²) < 4.78 is 28.5. The molecule has 0 radical (unpaired) electrons. The van der Waals surface area contributed by atoms with Gasteiger partial charge in [0.1, 0.15) is 13.6 Å². The molecule has 0 aromatic heterocycles. The molecular formula is C31H54O6. The van der Waals surface area contributed by atoms with Gasteiger partial charge in [0, 0.05) is 20.6 Å². The summed E-state index contributed by atoms with van der Waals surface area (Å²) in [6.07, 6.45) is 11.8. The van der Waals surface area contributed by atoms with E-state index in [0.29, 0.717) is 72.3 Å². The second-order valence-electron chi connectivity index (χ2n) is 13.3. The van der Waals surface area contributed by atoms with Gasteiger partial charge < -0.3 is 23.7 Å². The summed E-state index contributed by atoms with van der Waals surface area (Å²) >= 11 is 0. The third-order valence-corrected chi connectivity index (χ3v) is 11.9. The molecule has 0 aromatic carbocycles. The Labute approximate surface area is 225 Å². The molecule has 0 aliphatic heterocycles. The van der Waals surface area contributed by atoms with Gasteiger partial charge in [-0.15, -0.1) is 0 Å². The highest BCUT2D eigenvalue weighted by molar-refractivity contribution is 5.69. The lowest BCUT2D eigenvalue weighted by Gasteiger charge is -2.65. The number of hydrogen-bond donors (Lipinski definition) is 0. The maximum atomic E-state index is 11.9. The SMILES string of the molecule is CC[C@H]1[C@@H](OCOC)C2C3CC[C@H]([C@H](C)CCC(=O)OC)[C@@]3(C)CCC2[C@@]2(C)CC[C@@H](OCOC)C[C@@H]12. The molecule has 4 aliphatic rings. The van der Waals surface area contributed by atoms with Crippen molar-refractivity contribution in [1.82, 2.24) is 0 Å². The minimum Gasteiger partial charge on any atom is -0.469 e. The van der Waals surface area contributed by atoms with Crippen LogP contribution in [0.5, 0.6) is 0 Å². The molecular weight excluding hydrogens is 468 g/mol. The first-order chi connectivity index (χ1) is 17.7. The van der Waals surface area contributed by atoms with Crippen molar-refractivity contribution in [3.8, 4) is 0 Å². The molecule has 0 saturated heterocycles. The fraction of sp³-hybridized carbons (Fsp3) is 0.968. The molecule has 6 heteroatoms. The molecule has 0 bridgehead atoms. The van der Waals surface area contributed by atoms with E-state index in [9.17, 15) is 4.79 Å². The summed E-state index contributed by atoms with van der Waals surface area (Å²) in [7, 11) is 4.96. The zero-order valence-corrected chi connectivity index (χ0v) is 24.6. The maximum Gasteiger partial charge on any atom is 0.305 e. The smallest absolute Gasteiger partial charge is 0.305 e. The zero-order chi connectivity index (χ0) is 26.8. The zero-order valence-electron chi connectivity index (χ0n) is 24.6. The van der Waals surface area contributed by atoms with E-state index in [-0.39, 0.29) is 18.2 Å². The highest BCUT2D eigenvalue weighted by Gasteiger charge is 2.65. The van der Waals surface area contributed by atoms with Gasteiger partial charge in [0.05, 0.1) is 19.3 Å². The van der Waals surface area contributed by atoms with Gasteiger partial charge in [0.15, 0.2) is 0 Å². The molecule has 0 amide bonds. The first kappa shape index (κ1) is 29.3. The molecule has 37 heavy (non-hydrogen) atoms. The van der Waals surface area contributed by atoms with E-state index in [2.05, 4.69) is 27.7 Å². The highest BCUT2D eigenvalue weighted by Crippen LogP contribution is 2.70. The van der Waals surface area contributed by atoms with Crippen molar-refractivity contribution in [2.75, 3.05) is 34.9 Å². The third kappa shape index (κ3) is 5.38. The van der Waals surface area contributed by atoms with Crippen LogP contribution in [0.3, 0.4) is 0 Å². The molecule has 4 fully saturated rings. The van der Waals surface area contributed by atoms with Crippen molar-refractivity contribution in [3.63, 3.8) is 0 Å². The number of rotatable bonds is 11. The first-order valence-corrected chi connectivity index (χ1v) is 15.0. The van der Waals surface area contributed by atoms with E-state index in [1.807, 2.05) is 0 Å². The van der Waals surface area contributed by atoms with E-state index in [4.69, 9.17) is 23.7 Å². The second kappa shape index (κ2) is 12.2. The topological polar surface area (TPSA) is 63.2 Å². The summed E-state index contributed by atoms with van der Waals surface area (Å²) in [6.45, 7) is 10.7. The van der Waals surface area contributed by atoms with E-state index in [1.54, 1.807) is 14.2 Å². The number of carbonyl (C=O) groups excluding carboxylic acids is 1. The van der Waals surface area contributed by atoms with E-state index in [0.717, 1.165) is 25.7 Å². The van der Waals surface area contributed by atoms with Crippen molar-refractivity contribution in [2.24, 2.45) is 52.3 Å². The first-order valence-electron chi connectivity index (χ1n) is 15.0. The number of carbonyl (C=O) groups is 1. The van der Waals surface area contributed by atoms with Gasteiger partial charge in [-0.3, -0.25) is 4.79 Å². The van der Waals surface area contributed by atoms with Crippen LogP contribution in [0.4, 0.5) is 0 Å². The average molecular weight is 523 g/mol. The highest BCUT2D eigenvalue weighted by atomic mass is 16.7. The van der Waals surface area contributed by atoms with Crippen LogP contribution in [0, 0.1) is 52.3 Å². The predicted molar refractivity (Wildman–Crippen MR) is 144 cm³/mol. The molecule has 214 valence electrons. The Balaban J connectivity index is 1.61. The minimum atomic E-state index is -0.0783. The van der Waals surface area contributed by atoms with Crippen LogP contribution in [0.2, 0.25) is 0 Å². The molecule has 4 saturated carbocycles. The van der Waals surface area contributed by atoms with Gasteiger partial charge in [-0.2, -0.15) is 0 Å². The second-order valence-corrected chi connectivity index (χ2v) is 13.3. The average Bonchev–Trinajstić information content (AvgIpc) is 3.26. The number of fused-ring (bicyclic) bond motifs is 5. The number of ether oxygens (including phenoxy) is 5. The Bertz CT molecular complexity index is 758. The van der Waals surface area contributed by atoms with Crippen LogP contribution in [0.25, 0.3) is 0 Å². The standard InChI is InChI=1S/C31H54O6/c1-8-22-26-17-21(36-18-33-5)13-15-31(26,4)25-14-16-30(3)23(20(2)9-12-27(32)35-7)10-11-24(30)28(25)29(22)37-19-34-6/h20-26,28-29H,8-19H2,1-7H3/t20-,21-,22-,23-,24?,25?,26+,28?,29-,30-,31-/m1/s1. The lowest BCUT2D eigenvalue weighted by Crippen LogP contribution is -2.63. The van der Waals surface area contributed by atoms with Gasteiger partial charge in [0.25, 0.3) is 0 Å². The number of methoxy groups -OCH3 is 3. The van der Waals surface area contributed by atoms with Crippen molar-refractivity contribution in [2.45, 2.75) is 104 Å². The molecule has 4 rings (SSSR count). The summed E-state index contributed by atoms with van der Waals surface area (Å²) in [6, 6.07) is 0. The Morgan fingerprint density at radius 1 is 0.892 bits per heavy atom. The van der Waals surface area contributed by atoms with Crippen LogP contribution in [0.1, 0.15) is 91.9 Å². The van der Waals surface area contributed by atoms with Gasteiger partial charge in [-0.05, 0) is 104 Å². The summed E-state index contributed by atoms with van der Waals surface area (Å²) in [5.74, 6) is 4.19. The molecule has 0 heterocycles. The van der Waals surface area contributed by atoms with Crippen LogP contribution < -0.4 is 0 Å². The van der Waals surface area contributed by atoms with Crippen molar-refractivity contribution >= 4 is 5.97 Å². The van der Waals surface area contributed by atoms with E-state index < -0.39 is 0 Å². The fourth-order valence-electron chi connectivity index (χ4n) is 10.2. The quantitative estimate of drug-likeness (QED) is 0.229. The molecule has 6 nitrogen and oxygen atoms in total. The largest absolute Gasteiger partial charge is 0.469 e. The number of hydrogen-bond acceptors (Lipinski definition) is 6. The van der Waals surface area contributed by atoms with Crippen LogP contribution in [-0.4, -0.2) is 53.1 Å². The molecule has 0 aromatic rings. The van der Waals surface area contributed by atoms with Gasteiger partial charge in [-0.1, -0.05) is 34.1 Å². The lowest BCUT2D eigenvalue weighted by atomic mass is 9.41. The predicted octanol–water partition coefficient (Wildman–Crippen LogP) is 6.46. The Kier molecular flexibility index (Phi) is 9.68. The van der Waals surface area contributed by atoms with Crippen LogP contribution >= 0.6 is 0 Å². The Morgan fingerprint density at radius 3 is 2.24 bits per heavy atom. The van der Waals surface area contributed by atoms with Gasteiger partial charge in [-0.25, -0.2) is 0 Å². The minimum absolute atomic E-state index is 0.0783. The molecule has 4 aliphatic carbocycles. The van der Waals surface area contributed by atoms with Crippen LogP contribution in [0.15, 0.2) is 0 Å². The van der Waals surface area contributed by atoms with Gasteiger partial charge in [0.2, 0.25) is 0 Å². The third-order valence-electron chi connectivity index (χ3n) is 11.9. The molecule has 0 N–H and O–H groups in total. The van der Waals surface area contributed by atoms with Crippen molar-refractivity contribution < 1.29 is 28.5 Å². The Hall–Kier alpha value is -0.690. The van der Waals surface area contributed by atoms with E-state index >= 15 is 0 Å². The molecule has 0 spiro atoms. The monoisotopic (exact) mass is 522 g/mol. The maximum absolute atomic E-state index is 11.9. The fourth-order valence-corrected chi connectivity index (χ4v) is 10.2. The normalized spacial score (nSPS) is 44.0. The summed E-state index contributed by atoms with van der Waals surface area (Å²) in [5, 5.41) is 0. The molecule has 11 atom stereocenters. The van der Waals surface area contributed by atoms with Crippen molar-refractivity contribution in [1.29, 1.82) is 0 Å². The van der Waals surface area contributed by atoms with Crippen molar-refractivity contribution in [3.05, 3.63) is 0 Å². The summed E-state index contributed by atoms with van der Waals surface area (Å²) in [5.41, 5.74) is 0.646. The lowest BCUT2D eigenvalue weighted by molar-refractivity contribution is -0.239.